The van der Waals surface area contributed by atoms with Crippen LogP contribution in [0.25, 0.3) is 16.7 Å². The first-order chi connectivity index (χ1) is 15.9. The van der Waals surface area contributed by atoms with Gasteiger partial charge in [0.15, 0.2) is 5.75 Å². The van der Waals surface area contributed by atoms with E-state index in [0.29, 0.717) is 10.6 Å². The molecule has 0 saturated carbocycles. The summed E-state index contributed by atoms with van der Waals surface area (Å²) in [6.45, 7) is 3.32. The van der Waals surface area contributed by atoms with Gasteiger partial charge in [0.25, 0.3) is 5.56 Å². The number of benzene rings is 2. The molecule has 0 unspecified atom stereocenters. The van der Waals surface area contributed by atoms with Crippen LogP contribution in [0.3, 0.4) is 0 Å². The normalized spacial score (nSPS) is 14.3. The van der Waals surface area contributed by atoms with Crippen LogP contribution < -0.4 is 11.2 Å². The second kappa shape index (κ2) is 7.23. The van der Waals surface area contributed by atoms with Crippen LogP contribution >= 0.6 is 11.8 Å². The van der Waals surface area contributed by atoms with Gasteiger partial charge >= 0.3 is 11.8 Å². The van der Waals surface area contributed by atoms with Gasteiger partial charge in [-0.1, -0.05) is 25.6 Å². The van der Waals surface area contributed by atoms with Crippen molar-refractivity contribution in [2.45, 2.75) is 35.2 Å². The number of halogens is 4. The Labute approximate surface area is 193 Å². The van der Waals surface area contributed by atoms with Gasteiger partial charge in [0.1, 0.15) is 21.7 Å². The van der Waals surface area contributed by atoms with Crippen molar-refractivity contribution in [1.82, 2.24) is 4.57 Å². The third-order valence-corrected chi connectivity index (χ3v) is 7.00. The number of fused-ring (bicyclic) bond motifs is 4. The van der Waals surface area contributed by atoms with E-state index in [1.807, 2.05) is 0 Å². The van der Waals surface area contributed by atoms with Gasteiger partial charge in [-0.05, 0) is 48.0 Å². The summed E-state index contributed by atoms with van der Waals surface area (Å²) in [5, 5.41) is 10.6. The molecule has 2 aromatic heterocycles. The maximum Gasteiger partial charge on any atom is 0.416 e. The highest BCUT2D eigenvalue weighted by Gasteiger charge is 2.41. The van der Waals surface area contributed by atoms with Crippen molar-refractivity contribution < 1.29 is 27.1 Å². The Hall–Kier alpha value is -3.53. The Morgan fingerprint density at radius 3 is 2.35 bits per heavy atom. The van der Waals surface area contributed by atoms with Crippen molar-refractivity contribution in [1.29, 1.82) is 0 Å². The van der Waals surface area contributed by atoms with Gasteiger partial charge in [-0.25, -0.2) is 9.18 Å². The Morgan fingerprint density at radius 2 is 1.71 bits per heavy atom. The molecule has 10 heteroatoms. The van der Waals surface area contributed by atoms with Gasteiger partial charge in [0.05, 0.1) is 11.3 Å². The van der Waals surface area contributed by atoms with Crippen molar-refractivity contribution in [3.8, 4) is 11.4 Å². The molecule has 5 rings (SSSR count). The van der Waals surface area contributed by atoms with Gasteiger partial charge in [-0.2, -0.15) is 13.2 Å². The molecule has 2 aromatic carbocycles. The first-order valence-corrected chi connectivity index (χ1v) is 10.8. The van der Waals surface area contributed by atoms with Crippen LogP contribution in [0.2, 0.25) is 0 Å². The van der Waals surface area contributed by atoms with E-state index < -0.39 is 39.9 Å². The van der Waals surface area contributed by atoms with Crippen LogP contribution in [-0.4, -0.2) is 9.67 Å². The van der Waals surface area contributed by atoms with E-state index in [1.165, 1.54) is 41.0 Å². The molecule has 0 amide bonds. The average Bonchev–Trinajstić information content (AvgIpc) is 2.98. The minimum atomic E-state index is -4.56. The largest absolute Gasteiger partial charge is 0.505 e. The zero-order valence-electron chi connectivity index (χ0n) is 17.7. The lowest BCUT2D eigenvalue weighted by Crippen LogP contribution is -2.24. The Bertz CT molecular complexity index is 1600. The van der Waals surface area contributed by atoms with E-state index in [4.69, 9.17) is 4.42 Å². The number of hydrogen-bond donors (Lipinski definition) is 1. The average molecular weight is 489 g/mol. The molecule has 3 heterocycles. The Kier molecular flexibility index (Phi) is 4.74. The first-order valence-electron chi connectivity index (χ1n) is 10.0. The van der Waals surface area contributed by atoms with Crippen LogP contribution in [-0.2, 0) is 11.6 Å². The Morgan fingerprint density at radius 1 is 1.03 bits per heavy atom. The number of pyridine rings is 1. The van der Waals surface area contributed by atoms with Gasteiger partial charge in [0, 0.05) is 22.1 Å². The predicted octanol–water partition coefficient (Wildman–Crippen LogP) is 5.60. The van der Waals surface area contributed by atoms with E-state index in [9.17, 15) is 32.3 Å². The molecule has 5 nitrogen and oxygen atoms in total. The predicted molar refractivity (Wildman–Crippen MR) is 117 cm³/mol. The van der Waals surface area contributed by atoms with Crippen LogP contribution in [0.15, 0.2) is 72.3 Å². The van der Waals surface area contributed by atoms with Crippen LogP contribution in [0.4, 0.5) is 17.6 Å². The molecular formula is C24H15F4NO4S. The SMILES string of the molecule is CC1(C)c2cc(C(F)(F)F)ccc2-n2c1cc1oc(=O)c(Sc3ccc(F)cc3)c(O)c1c2=O. The minimum Gasteiger partial charge on any atom is -0.505 e. The Balaban J connectivity index is 1.76. The number of rotatable bonds is 2. The smallest absolute Gasteiger partial charge is 0.416 e. The van der Waals surface area contributed by atoms with Gasteiger partial charge in [-0.3, -0.25) is 9.36 Å². The molecule has 0 spiro atoms. The second-order valence-corrected chi connectivity index (χ2v) is 9.47. The summed E-state index contributed by atoms with van der Waals surface area (Å²) < 4.78 is 59.7. The fourth-order valence-electron chi connectivity index (χ4n) is 4.20. The summed E-state index contributed by atoms with van der Waals surface area (Å²) in [5.74, 6) is -1.10. The molecule has 0 fully saturated rings. The third kappa shape index (κ3) is 3.24. The standard InChI is InChI=1S/C24H15F4NO4S/c1-23(2)14-9-11(24(26,27)28)3-8-15(14)29-17(23)10-16-18(21(29)31)19(30)20(22(32)33-16)34-13-6-4-12(25)5-7-13/h3-10,30H,1-2H3. The lowest BCUT2D eigenvalue weighted by Gasteiger charge is -2.21. The maximum atomic E-state index is 13.5. The van der Waals surface area contributed by atoms with E-state index in [0.717, 1.165) is 23.9 Å². The summed E-state index contributed by atoms with van der Waals surface area (Å²) in [5.41, 5.74) is -2.84. The molecule has 4 aromatic rings. The monoisotopic (exact) mass is 489 g/mol. The molecule has 1 aliphatic rings. The lowest BCUT2D eigenvalue weighted by molar-refractivity contribution is -0.137. The van der Waals surface area contributed by atoms with Crippen LogP contribution in [0.1, 0.15) is 30.7 Å². The second-order valence-electron chi connectivity index (χ2n) is 8.39. The molecule has 0 saturated heterocycles. The van der Waals surface area contributed by atoms with Gasteiger partial charge in [0.2, 0.25) is 0 Å². The molecule has 0 aliphatic carbocycles. The summed E-state index contributed by atoms with van der Waals surface area (Å²) in [7, 11) is 0. The lowest BCUT2D eigenvalue weighted by atomic mass is 9.82. The molecule has 34 heavy (non-hydrogen) atoms. The van der Waals surface area contributed by atoms with Gasteiger partial charge < -0.3 is 9.52 Å². The van der Waals surface area contributed by atoms with E-state index in [1.54, 1.807) is 13.8 Å². The summed E-state index contributed by atoms with van der Waals surface area (Å²) in [6.07, 6.45) is -4.56. The summed E-state index contributed by atoms with van der Waals surface area (Å²) in [6, 6.07) is 9.65. The number of aromatic nitrogens is 1. The molecule has 0 bridgehead atoms. The highest BCUT2D eigenvalue weighted by molar-refractivity contribution is 7.99. The number of hydrogen-bond acceptors (Lipinski definition) is 5. The topological polar surface area (TPSA) is 72.4 Å². The van der Waals surface area contributed by atoms with Crippen molar-refractivity contribution >= 4 is 22.7 Å². The first kappa shape index (κ1) is 22.3. The molecule has 174 valence electrons. The van der Waals surface area contributed by atoms with Crippen molar-refractivity contribution in [2.75, 3.05) is 0 Å². The number of alkyl halides is 3. The maximum absolute atomic E-state index is 13.5. The third-order valence-electron chi connectivity index (χ3n) is 5.92. The van der Waals surface area contributed by atoms with Gasteiger partial charge in [-0.15, -0.1) is 0 Å². The summed E-state index contributed by atoms with van der Waals surface area (Å²) >= 11 is 0.800. The van der Waals surface area contributed by atoms with Crippen LogP contribution in [0, 0.1) is 5.82 Å². The molecule has 0 atom stereocenters. The molecule has 0 radical (unpaired) electrons. The number of nitrogens with zero attached hydrogens (tertiary/aromatic N) is 1. The minimum absolute atomic E-state index is 0.181. The van der Waals surface area contributed by atoms with E-state index in [2.05, 4.69) is 0 Å². The van der Waals surface area contributed by atoms with E-state index >= 15 is 0 Å². The fourth-order valence-corrected chi connectivity index (χ4v) is 5.03. The van der Waals surface area contributed by atoms with Crippen molar-refractivity contribution in [3.63, 3.8) is 0 Å². The molecule has 1 N–H and O–H groups in total. The van der Waals surface area contributed by atoms with Crippen molar-refractivity contribution in [3.05, 3.63) is 91.9 Å². The highest BCUT2D eigenvalue weighted by atomic mass is 32.2. The highest BCUT2D eigenvalue weighted by Crippen LogP contribution is 2.45. The summed E-state index contributed by atoms with van der Waals surface area (Å²) in [4.78, 5) is 26.3. The van der Waals surface area contributed by atoms with Crippen molar-refractivity contribution in [2.24, 2.45) is 0 Å². The fraction of sp³-hybridized carbons (Fsp3) is 0.167. The van der Waals surface area contributed by atoms with Crippen LogP contribution in [0.5, 0.6) is 5.75 Å². The molecular weight excluding hydrogens is 474 g/mol. The zero-order chi connectivity index (χ0) is 24.6. The molecule has 1 aliphatic heterocycles. The quantitative estimate of drug-likeness (QED) is 0.371. The van der Waals surface area contributed by atoms with E-state index in [-0.39, 0.29) is 27.1 Å². The zero-order valence-corrected chi connectivity index (χ0v) is 18.5. The number of aromatic hydroxyl groups is 1.